The van der Waals surface area contributed by atoms with E-state index in [0.29, 0.717) is 44.2 Å². The van der Waals surface area contributed by atoms with Gasteiger partial charge in [-0.1, -0.05) is 13.8 Å². The molecule has 0 bridgehead atoms. The second kappa shape index (κ2) is 16.7. The molecule has 0 radical (unpaired) electrons. The molecule has 0 saturated heterocycles. The Morgan fingerprint density at radius 2 is 1.13 bits per heavy atom. The van der Waals surface area contributed by atoms with Crippen molar-refractivity contribution >= 4 is 0 Å². The van der Waals surface area contributed by atoms with Crippen LogP contribution in [0.5, 0.6) is 17.2 Å². The summed E-state index contributed by atoms with van der Waals surface area (Å²) in [7, 11) is 9.44. The van der Waals surface area contributed by atoms with Crippen molar-refractivity contribution < 1.29 is 33.5 Å². The summed E-state index contributed by atoms with van der Waals surface area (Å²) >= 11 is 0. The number of aromatic hydroxyl groups is 1. The molecule has 2 heterocycles. The maximum absolute atomic E-state index is 10.4. The van der Waals surface area contributed by atoms with Crippen molar-refractivity contribution in [3.8, 4) is 17.2 Å². The van der Waals surface area contributed by atoms with Gasteiger partial charge in [0.05, 0.1) is 40.4 Å². The summed E-state index contributed by atoms with van der Waals surface area (Å²) in [6.07, 6.45) is 6.51. The number of phenolic OH excluding ortho intramolecular Hbond substituents is 1. The van der Waals surface area contributed by atoms with Crippen molar-refractivity contribution in [3.63, 3.8) is 0 Å². The number of imidazole rings is 2. The van der Waals surface area contributed by atoms with Crippen LogP contribution >= 0.6 is 0 Å². The lowest BCUT2D eigenvalue weighted by molar-refractivity contribution is -0.111. The van der Waals surface area contributed by atoms with Crippen molar-refractivity contribution in [1.82, 2.24) is 24.0 Å². The predicted octanol–water partition coefficient (Wildman–Crippen LogP) is 3.27. The van der Waals surface area contributed by atoms with Crippen LogP contribution in [0.25, 0.3) is 0 Å². The van der Waals surface area contributed by atoms with Crippen LogP contribution in [0, 0.1) is 0 Å². The van der Waals surface area contributed by atoms with Crippen molar-refractivity contribution in [3.05, 3.63) is 54.1 Å². The Morgan fingerprint density at radius 1 is 0.718 bits per heavy atom. The summed E-state index contributed by atoms with van der Waals surface area (Å²) in [6, 6.07) is 3.59. The van der Waals surface area contributed by atoms with E-state index < -0.39 is 12.6 Å². The van der Waals surface area contributed by atoms with Gasteiger partial charge in [0.25, 0.3) is 0 Å². The first kappa shape index (κ1) is 32.1. The van der Waals surface area contributed by atoms with Gasteiger partial charge in [-0.15, -0.1) is 0 Å². The van der Waals surface area contributed by atoms with E-state index >= 15 is 0 Å². The number of hydrogen-bond donors (Lipinski definition) is 1. The largest absolute Gasteiger partial charge is 0.502 e. The highest BCUT2D eigenvalue weighted by Crippen LogP contribution is 2.37. The molecule has 1 N–H and O–H groups in total. The molecule has 0 fully saturated rings. The second-order valence-corrected chi connectivity index (χ2v) is 8.29. The quantitative estimate of drug-likeness (QED) is 0.267. The molecule has 2 aromatic heterocycles. The number of rotatable bonds is 16. The van der Waals surface area contributed by atoms with Gasteiger partial charge >= 0.3 is 0 Å². The standard InChI is InChI=1S/C25H37N5O7.C2H6/c1-32-19-11-18(12-20(33-2)25(19)31)13-28(14-21-26-7-9-29(21)16-23(34-3)35-4)15-22-27-8-10-30(22)17-24(36-5)37-6;1-2/h7-12,23-24,31H,13-17H2,1-6H3;1-2H3. The topological polar surface area (TPSA) is 114 Å². The summed E-state index contributed by atoms with van der Waals surface area (Å²) in [4.78, 5) is 11.3. The minimum Gasteiger partial charge on any atom is -0.502 e. The fourth-order valence-corrected chi connectivity index (χ4v) is 3.99. The van der Waals surface area contributed by atoms with Gasteiger partial charge < -0.3 is 42.7 Å². The fraction of sp³-hybridized carbons (Fsp3) is 0.556. The van der Waals surface area contributed by atoms with Gasteiger partial charge in [0.15, 0.2) is 24.1 Å². The van der Waals surface area contributed by atoms with Crippen molar-refractivity contribution in [2.24, 2.45) is 0 Å². The number of benzene rings is 1. The highest BCUT2D eigenvalue weighted by atomic mass is 16.7. The molecule has 0 aliphatic heterocycles. The van der Waals surface area contributed by atoms with Crippen LogP contribution in [0.2, 0.25) is 0 Å². The minimum absolute atomic E-state index is 0.0401. The Morgan fingerprint density at radius 3 is 1.49 bits per heavy atom. The maximum atomic E-state index is 10.4. The molecule has 0 spiro atoms. The minimum atomic E-state index is -0.397. The maximum Gasteiger partial charge on any atom is 0.200 e. The van der Waals surface area contributed by atoms with E-state index in [4.69, 9.17) is 28.4 Å². The fourth-order valence-electron chi connectivity index (χ4n) is 3.99. The van der Waals surface area contributed by atoms with Crippen molar-refractivity contribution in [2.45, 2.75) is 59.2 Å². The molecule has 3 rings (SSSR count). The first-order valence-corrected chi connectivity index (χ1v) is 12.7. The molecule has 0 saturated carbocycles. The lowest BCUT2D eigenvalue weighted by Crippen LogP contribution is -2.29. The normalized spacial score (nSPS) is 11.3. The highest BCUT2D eigenvalue weighted by molar-refractivity contribution is 5.52. The van der Waals surface area contributed by atoms with Gasteiger partial charge in [0.2, 0.25) is 5.75 Å². The van der Waals surface area contributed by atoms with E-state index in [1.807, 2.05) is 35.4 Å². The monoisotopic (exact) mass is 549 g/mol. The Balaban J connectivity index is 0.00000260. The SMILES string of the molecule is CC.COc1cc(CN(Cc2nccn2CC(OC)OC)Cc2nccn2CC(OC)OC)cc(OC)c1O. The molecule has 0 aliphatic carbocycles. The highest BCUT2D eigenvalue weighted by Gasteiger charge is 2.19. The number of hydrogen-bond acceptors (Lipinski definition) is 10. The van der Waals surface area contributed by atoms with Crippen LogP contribution in [-0.2, 0) is 51.7 Å². The molecule has 0 aliphatic rings. The van der Waals surface area contributed by atoms with Crippen LogP contribution < -0.4 is 9.47 Å². The molecular formula is C27H43N5O7. The van der Waals surface area contributed by atoms with Crippen molar-refractivity contribution in [2.75, 3.05) is 42.7 Å². The molecule has 1 aromatic carbocycles. The third kappa shape index (κ3) is 8.94. The Labute approximate surface area is 231 Å². The van der Waals surface area contributed by atoms with Crippen LogP contribution in [0.4, 0.5) is 0 Å². The average Bonchev–Trinajstić information content (AvgIpc) is 3.60. The number of aromatic nitrogens is 4. The predicted molar refractivity (Wildman–Crippen MR) is 146 cm³/mol. The summed E-state index contributed by atoms with van der Waals surface area (Å²) < 4.78 is 36.2. The zero-order valence-electron chi connectivity index (χ0n) is 24.3. The number of phenols is 1. The van der Waals surface area contributed by atoms with Gasteiger partial charge in [-0.25, -0.2) is 9.97 Å². The second-order valence-electron chi connectivity index (χ2n) is 8.29. The third-order valence-corrected chi connectivity index (χ3v) is 6.02. The molecule has 218 valence electrons. The molecule has 0 atom stereocenters. The van der Waals surface area contributed by atoms with Gasteiger partial charge in [-0.3, -0.25) is 4.90 Å². The zero-order chi connectivity index (χ0) is 28.8. The van der Waals surface area contributed by atoms with E-state index in [9.17, 15) is 5.11 Å². The molecule has 39 heavy (non-hydrogen) atoms. The number of ether oxygens (including phenoxy) is 6. The van der Waals surface area contributed by atoms with E-state index in [1.54, 1.807) is 53.0 Å². The molecule has 0 amide bonds. The molecule has 0 unspecified atom stereocenters. The zero-order valence-corrected chi connectivity index (χ0v) is 24.3. The summed E-state index contributed by atoms with van der Waals surface area (Å²) in [5.74, 6) is 2.30. The van der Waals surface area contributed by atoms with E-state index in [2.05, 4.69) is 14.9 Å². The summed E-state index contributed by atoms with van der Waals surface area (Å²) in [6.45, 7) is 6.50. The van der Waals surface area contributed by atoms with Crippen LogP contribution in [0.1, 0.15) is 31.1 Å². The van der Waals surface area contributed by atoms with E-state index in [-0.39, 0.29) is 5.75 Å². The van der Waals surface area contributed by atoms with Crippen molar-refractivity contribution in [1.29, 1.82) is 0 Å². The van der Waals surface area contributed by atoms with Gasteiger partial charge in [0, 0.05) is 59.8 Å². The Hall–Kier alpha value is -3.16. The first-order valence-electron chi connectivity index (χ1n) is 12.7. The average molecular weight is 550 g/mol. The van der Waals surface area contributed by atoms with Crippen LogP contribution in [-0.4, -0.2) is 84.3 Å². The molecule has 12 heteroatoms. The van der Waals surface area contributed by atoms with E-state index in [0.717, 1.165) is 17.2 Å². The number of nitrogens with zero attached hydrogens (tertiary/aromatic N) is 5. The smallest absolute Gasteiger partial charge is 0.200 e. The summed E-state index contributed by atoms with van der Waals surface area (Å²) in [5.41, 5.74) is 0.890. The summed E-state index contributed by atoms with van der Waals surface area (Å²) in [5, 5.41) is 10.4. The third-order valence-electron chi connectivity index (χ3n) is 6.02. The molecular weight excluding hydrogens is 506 g/mol. The van der Waals surface area contributed by atoms with Crippen LogP contribution in [0.15, 0.2) is 36.9 Å². The lowest BCUT2D eigenvalue weighted by atomic mass is 10.1. The van der Waals surface area contributed by atoms with Gasteiger partial charge in [0.1, 0.15) is 11.6 Å². The Kier molecular flexibility index (Phi) is 13.7. The molecule has 3 aromatic rings. The van der Waals surface area contributed by atoms with Gasteiger partial charge in [-0.05, 0) is 17.7 Å². The van der Waals surface area contributed by atoms with Gasteiger partial charge in [-0.2, -0.15) is 0 Å². The lowest BCUT2D eigenvalue weighted by Gasteiger charge is -2.25. The van der Waals surface area contributed by atoms with E-state index in [1.165, 1.54) is 14.2 Å². The number of methoxy groups -OCH3 is 6. The van der Waals surface area contributed by atoms with Crippen LogP contribution in [0.3, 0.4) is 0 Å². The first-order chi connectivity index (χ1) is 19.0. The molecule has 12 nitrogen and oxygen atoms in total. The Bertz CT molecular complexity index is 1020.